The van der Waals surface area contributed by atoms with E-state index in [9.17, 15) is 4.79 Å². The van der Waals surface area contributed by atoms with Gasteiger partial charge in [0.05, 0.1) is 6.04 Å². The largest absolute Gasteiger partial charge is 0.339 e. The molecule has 3 rings (SSSR count). The molecule has 0 unspecified atom stereocenters. The summed E-state index contributed by atoms with van der Waals surface area (Å²) < 4.78 is 0. The number of nitrogens with two attached hydrogens (primary N) is 1. The van der Waals surface area contributed by atoms with Crippen molar-refractivity contribution in [3.63, 3.8) is 0 Å². The Morgan fingerprint density at radius 1 is 1.04 bits per heavy atom. The van der Waals surface area contributed by atoms with Crippen LogP contribution < -0.4 is 5.73 Å². The second kappa shape index (κ2) is 10.8. The molecule has 7 heteroatoms. The summed E-state index contributed by atoms with van der Waals surface area (Å²) in [5, 5.41) is 2.11. The molecule has 1 amide bonds. The van der Waals surface area contributed by atoms with E-state index in [2.05, 4.69) is 22.4 Å². The van der Waals surface area contributed by atoms with Gasteiger partial charge in [-0.3, -0.25) is 9.69 Å². The molecule has 0 saturated carbocycles. The number of carbonyl (C=O) groups excluding carboxylic acids is 1. The number of thiophene rings is 1. The normalized spacial score (nSPS) is 15.8. The third kappa shape index (κ3) is 6.28. The second-order valence-electron chi connectivity index (χ2n) is 5.98. The van der Waals surface area contributed by atoms with Gasteiger partial charge in [0, 0.05) is 37.6 Å². The number of piperazine rings is 1. The van der Waals surface area contributed by atoms with E-state index in [0.29, 0.717) is 6.42 Å². The molecule has 1 aromatic heterocycles. The SMILES string of the molecule is Cl.Cl.N[C@@H](Cc1ccccc1)C(=O)N1CCN(Cc2cccs2)CC1. The highest BCUT2D eigenvalue weighted by atomic mass is 35.5. The predicted octanol–water partition coefficient (Wildman–Crippen LogP) is 2.81. The number of carbonyl (C=O) groups is 1. The molecule has 0 aliphatic carbocycles. The molecule has 2 N–H and O–H groups in total. The van der Waals surface area contributed by atoms with Crippen molar-refractivity contribution >= 4 is 42.1 Å². The summed E-state index contributed by atoms with van der Waals surface area (Å²) in [5.74, 6) is 0.0737. The van der Waals surface area contributed by atoms with Crippen molar-refractivity contribution in [1.29, 1.82) is 0 Å². The quantitative estimate of drug-likeness (QED) is 0.837. The smallest absolute Gasteiger partial charge is 0.239 e. The van der Waals surface area contributed by atoms with Gasteiger partial charge in [-0.25, -0.2) is 0 Å². The van der Waals surface area contributed by atoms with E-state index in [1.54, 1.807) is 11.3 Å². The molecule has 4 nitrogen and oxygen atoms in total. The molecule has 1 aliphatic heterocycles. The molecule has 0 spiro atoms. The fourth-order valence-corrected chi connectivity index (χ4v) is 3.69. The van der Waals surface area contributed by atoms with Crippen LogP contribution >= 0.6 is 36.2 Å². The summed E-state index contributed by atoms with van der Waals surface area (Å²) >= 11 is 1.79. The molecule has 1 aliphatic rings. The van der Waals surface area contributed by atoms with Gasteiger partial charge >= 0.3 is 0 Å². The lowest BCUT2D eigenvalue weighted by atomic mass is 10.1. The lowest BCUT2D eigenvalue weighted by Gasteiger charge is -2.35. The van der Waals surface area contributed by atoms with Crippen molar-refractivity contribution in [3.8, 4) is 0 Å². The van der Waals surface area contributed by atoms with Crippen LogP contribution in [0.1, 0.15) is 10.4 Å². The summed E-state index contributed by atoms with van der Waals surface area (Å²) in [4.78, 5) is 18.2. The van der Waals surface area contributed by atoms with Crippen LogP contribution in [0.15, 0.2) is 47.8 Å². The maximum Gasteiger partial charge on any atom is 0.239 e. The van der Waals surface area contributed by atoms with Gasteiger partial charge in [0.1, 0.15) is 0 Å². The van der Waals surface area contributed by atoms with E-state index in [4.69, 9.17) is 5.73 Å². The monoisotopic (exact) mass is 401 g/mol. The van der Waals surface area contributed by atoms with Crippen molar-refractivity contribution < 1.29 is 4.79 Å². The molecule has 0 bridgehead atoms. The van der Waals surface area contributed by atoms with Crippen LogP contribution in [0.5, 0.6) is 0 Å². The number of amides is 1. The Kier molecular flexibility index (Phi) is 9.46. The van der Waals surface area contributed by atoms with Crippen LogP contribution in [0.25, 0.3) is 0 Å². The van der Waals surface area contributed by atoms with Crippen molar-refractivity contribution in [2.75, 3.05) is 26.2 Å². The minimum Gasteiger partial charge on any atom is -0.339 e. The van der Waals surface area contributed by atoms with Gasteiger partial charge in [0.2, 0.25) is 5.91 Å². The first-order chi connectivity index (χ1) is 11.2. The average Bonchev–Trinajstić information content (AvgIpc) is 3.09. The van der Waals surface area contributed by atoms with E-state index in [1.807, 2.05) is 35.2 Å². The highest BCUT2D eigenvalue weighted by Gasteiger charge is 2.25. The molecular formula is C18H25Cl2N3OS. The maximum atomic E-state index is 12.5. The van der Waals surface area contributed by atoms with Crippen LogP contribution in [-0.2, 0) is 17.8 Å². The molecular weight excluding hydrogens is 377 g/mol. The zero-order valence-corrected chi connectivity index (χ0v) is 16.5. The van der Waals surface area contributed by atoms with Gasteiger partial charge in [-0.05, 0) is 23.4 Å². The lowest BCUT2D eigenvalue weighted by molar-refractivity contribution is -0.134. The van der Waals surface area contributed by atoms with E-state index in [1.165, 1.54) is 4.88 Å². The standard InChI is InChI=1S/C18H23N3OS.2ClH/c19-17(13-15-5-2-1-3-6-15)18(22)21-10-8-20(9-11-21)14-16-7-4-12-23-16;;/h1-7,12,17H,8-11,13-14,19H2;2*1H/t17-;;/m0../s1. The van der Waals surface area contributed by atoms with Crippen LogP contribution in [0.2, 0.25) is 0 Å². The van der Waals surface area contributed by atoms with Crippen molar-refractivity contribution in [2.45, 2.75) is 19.0 Å². The Hall–Kier alpha value is -1.11. The first kappa shape index (κ1) is 21.9. The molecule has 1 saturated heterocycles. The fourth-order valence-electron chi connectivity index (χ4n) is 2.94. The Balaban J connectivity index is 0.00000156. The van der Waals surface area contributed by atoms with Crippen LogP contribution in [0.3, 0.4) is 0 Å². The highest BCUT2D eigenvalue weighted by molar-refractivity contribution is 7.09. The minimum atomic E-state index is -0.443. The lowest BCUT2D eigenvalue weighted by Crippen LogP contribution is -2.53. The Morgan fingerprint density at radius 2 is 1.72 bits per heavy atom. The van der Waals surface area contributed by atoms with E-state index < -0.39 is 6.04 Å². The van der Waals surface area contributed by atoms with Crippen molar-refractivity contribution in [3.05, 3.63) is 58.3 Å². The van der Waals surface area contributed by atoms with E-state index in [0.717, 1.165) is 38.3 Å². The summed E-state index contributed by atoms with van der Waals surface area (Å²) in [7, 11) is 0. The van der Waals surface area contributed by atoms with E-state index in [-0.39, 0.29) is 30.7 Å². The topological polar surface area (TPSA) is 49.6 Å². The molecule has 2 aromatic rings. The number of rotatable bonds is 5. The minimum absolute atomic E-state index is 0. The zero-order chi connectivity index (χ0) is 16.1. The van der Waals surface area contributed by atoms with Gasteiger partial charge in [0.25, 0.3) is 0 Å². The highest BCUT2D eigenvalue weighted by Crippen LogP contribution is 2.14. The number of benzene rings is 1. The van der Waals surface area contributed by atoms with Gasteiger partial charge in [-0.2, -0.15) is 0 Å². The molecule has 25 heavy (non-hydrogen) atoms. The molecule has 2 heterocycles. The Labute approximate surface area is 165 Å². The molecule has 1 fully saturated rings. The van der Waals surface area contributed by atoms with Crippen LogP contribution in [0.4, 0.5) is 0 Å². The fraction of sp³-hybridized carbons (Fsp3) is 0.389. The third-order valence-electron chi connectivity index (χ3n) is 4.26. The van der Waals surface area contributed by atoms with Gasteiger partial charge in [0.15, 0.2) is 0 Å². The van der Waals surface area contributed by atoms with Gasteiger partial charge in [-0.1, -0.05) is 36.4 Å². The van der Waals surface area contributed by atoms with Crippen LogP contribution in [0, 0.1) is 0 Å². The van der Waals surface area contributed by atoms with Crippen molar-refractivity contribution in [2.24, 2.45) is 5.73 Å². The van der Waals surface area contributed by atoms with Gasteiger partial charge < -0.3 is 10.6 Å². The number of nitrogens with zero attached hydrogens (tertiary/aromatic N) is 2. The number of halogens is 2. The Bertz CT molecular complexity index is 617. The number of hydrogen-bond acceptors (Lipinski definition) is 4. The first-order valence-electron chi connectivity index (χ1n) is 8.05. The summed E-state index contributed by atoms with van der Waals surface area (Å²) in [5.41, 5.74) is 7.24. The molecule has 138 valence electrons. The second-order valence-corrected chi connectivity index (χ2v) is 7.01. The Morgan fingerprint density at radius 3 is 2.32 bits per heavy atom. The molecule has 0 radical (unpaired) electrons. The van der Waals surface area contributed by atoms with Gasteiger partial charge in [-0.15, -0.1) is 36.2 Å². The summed E-state index contributed by atoms with van der Waals surface area (Å²) in [6.07, 6.45) is 0.606. The number of hydrogen-bond donors (Lipinski definition) is 1. The average molecular weight is 402 g/mol. The zero-order valence-electron chi connectivity index (χ0n) is 14.0. The third-order valence-corrected chi connectivity index (χ3v) is 5.12. The molecule has 1 aromatic carbocycles. The summed E-state index contributed by atoms with van der Waals surface area (Å²) in [6.45, 7) is 4.36. The van der Waals surface area contributed by atoms with Crippen LogP contribution in [-0.4, -0.2) is 47.9 Å². The first-order valence-corrected chi connectivity index (χ1v) is 8.93. The molecule has 1 atom stereocenters. The van der Waals surface area contributed by atoms with Crippen molar-refractivity contribution in [1.82, 2.24) is 9.80 Å². The predicted molar refractivity (Wildman–Crippen MR) is 109 cm³/mol. The summed E-state index contributed by atoms with van der Waals surface area (Å²) in [6, 6.07) is 13.8. The maximum absolute atomic E-state index is 12.5. The van der Waals surface area contributed by atoms with E-state index >= 15 is 0 Å².